The highest BCUT2D eigenvalue weighted by Gasteiger charge is 2.22. The van der Waals surface area contributed by atoms with Crippen LogP contribution in [0.4, 0.5) is 4.39 Å². The maximum absolute atomic E-state index is 13.7. The van der Waals surface area contributed by atoms with Gasteiger partial charge in [0.2, 0.25) is 4.77 Å². The third-order valence-electron chi connectivity index (χ3n) is 4.99. The van der Waals surface area contributed by atoms with Crippen LogP contribution in [0.3, 0.4) is 0 Å². The van der Waals surface area contributed by atoms with Gasteiger partial charge in [-0.2, -0.15) is 0 Å². The van der Waals surface area contributed by atoms with Gasteiger partial charge in [-0.05, 0) is 61.5 Å². The number of benzene rings is 2. The monoisotopic (exact) mass is 486 g/mol. The van der Waals surface area contributed by atoms with Crippen LogP contribution in [0.1, 0.15) is 12.8 Å². The van der Waals surface area contributed by atoms with Gasteiger partial charge in [-0.3, -0.25) is 9.47 Å². The van der Waals surface area contributed by atoms with Crippen LogP contribution in [0.5, 0.6) is 0 Å². The second-order valence-electron chi connectivity index (χ2n) is 7.18. The zero-order valence-corrected chi connectivity index (χ0v) is 18.8. The number of likely N-dealkylation sites (tertiary alicyclic amines) is 1. The van der Waals surface area contributed by atoms with Gasteiger partial charge in [-0.1, -0.05) is 34.8 Å². The minimum absolute atomic E-state index is 0.0190. The van der Waals surface area contributed by atoms with E-state index in [9.17, 15) is 9.50 Å². The molecule has 0 saturated carbocycles. The van der Waals surface area contributed by atoms with Crippen LogP contribution in [0, 0.1) is 10.6 Å². The highest BCUT2D eigenvalue weighted by Crippen LogP contribution is 2.32. The Bertz CT molecular complexity index is 1150. The Kier molecular flexibility index (Phi) is 6.48. The number of rotatable bonds is 4. The average Bonchev–Trinajstić information content (AvgIpc) is 3.00. The molecule has 1 fully saturated rings. The van der Waals surface area contributed by atoms with Gasteiger partial charge < -0.3 is 5.11 Å². The van der Waals surface area contributed by atoms with Crippen LogP contribution in [0.15, 0.2) is 36.4 Å². The first-order chi connectivity index (χ1) is 14.3. The SMILES string of the molecule is O[C@H]1CCCN(Cn2nc(-c3ccc(Cl)cc3Cl)n(-c3ccc(F)c(Cl)c3)c2=S)C1. The number of hydrogen-bond acceptors (Lipinski definition) is 4. The van der Waals surface area contributed by atoms with E-state index in [4.69, 9.17) is 52.1 Å². The van der Waals surface area contributed by atoms with Crippen molar-refractivity contribution in [2.75, 3.05) is 13.1 Å². The Morgan fingerprint density at radius 3 is 2.63 bits per heavy atom. The van der Waals surface area contributed by atoms with Crippen molar-refractivity contribution >= 4 is 47.0 Å². The highest BCUT2D eigenvalue weighted by molar-refractivity contribution is 7.71. The molecule has 10 heteroatoms. The molecule has 0 aliphatic carbocycles. The summed E-state index contributed by atoms with van der Waals surface area (Å²) in [7, 11) is 0. The Hall–Kier alpha value is -1.48. The molecule has 1 saturated heterocycles. The van der Waals surface area contributed by atoms with Crippen molar-refractivity contribution in [3.63, 3.8) is 0 Å². The fourth-order valence-corrected chi connectivity index (χ4v) is 4.51. The number of β-amino-alcohol motifs (C(OH)–C–C–N with tert-alkyl or cyclic N) is 1. The molecular weight excluding hydrogens is 470 g/mol. The van der Waals surface area contributed by atoms with Gasteiger partial charge >= 0.3 is 0 Å². The van der Waals surface area contributed by atoms with E-state index >= 15 is 0 Å². The van der Waals surface area contributed by atoms with Crippen molar-refractivity contribution < 1.29 is 9.50 Å². The van der Waals surface area contributed by atoms with Crippen molar-refractivity contribution in [3.8, 4) is 17.1 Å². The summed E-state index contributed by atoms with van der Waals surface area (Å²) < 4.78 is 17.5. The Morgan fingerprint density at radius 1 is 1.13 bits per heavy atom. The van der Waals surface area contributed by atoms with Crippen LogP contribution in [0.25, 0.3) is 17.1 Å². The minimum atomic E-state index is -0.521. The normalized spacial score (nSPS) is 17.4. The zero-order chi connectivity index (χ0) is 21.4. The smallest absolute Gasteiger partial charge is 0.204 e. The highest BCUT2D eigenvalue weighted by atomic mass is 35.5. The van der Waals surface area contributed by atoms with Crippen LogP contribution in [0.2, 0.25) is 15.1 Å². The van der Waals surface area contributed by atoms with E-state index in [1.54, 1.807) is 33.5 Å². The molecule has 0 bridgehead atoms. The number of hydrogen-bond donors (Lipinski definition) is 1. The summed E-state index contributed by atoms with van der Waals surface area (Å²) >= 11 is 24.2. The molecule has 0 unspecified atom stereocenters. The van der Waals surface area contributed by atoms with E-state index in [2.05, 4.69) is 4.90 Å². The van der Waals surface area contributed by atoms with Gasteiger partial charge in [0.25, 0.3) is 0 Å². The number of aromatic nitrogens is 3. The molecule has 4 rings (SSSR count). The maximum Gasteiger partial charge on any atom is 0.204 e. The first-order valence-electron chi connectivity index (χ1n) is 9.34. The summed E-state index contributed by atoms with van der Waals surface area (Å²) in [6.45, 7) is 1.80. The van der Waals surface area contributed by atoms with Gasteiger partial charge in [0, 0.05) is 23.7 Å². The molecule has 3 aromatic rings. The fraction of sp³-hybridized carbons (Fsp3) is 0.300. The summed E-state index contributed by atoms with van der Waals surface area (Å²) in [6, 6.07) is 9.47. The molecule has 30 heavy (non-hydrogen) atoms. The van der Waals surface area contributed by atoms with Gasteiger partial charge in [-0.25, -0.2) is 9.07 Å². The molecule has 5 nitrogen and oxygen atoms in total. The molecule has 2 heterocycles. The molecule has 0 amide bonds. The van der Waals surface area contributed by atoms with Crippen LogP contribution in [-0.2, 0) is 6.67 Å². The number of nitrogens with zero attached hydrogens (tertiary/aromatic N) is 4. The topological polar surface area (TPSA) is 46.2 Å². The molecule has 1 aliphatic heterocycles. The lowest BCUT2D eigenvalue weighted by atomic mass is 10.1. The maximum atomic E-state index is 13.7. The van der Waals surface area contributed by atoms with Crippen molar-refractivity contribution in [2.24, 2.45) is 0 Å². The van der Waals surface area contributed by atoms with Gasteiger partial charge in [0.15, 0.2) is 5.82 Å². The Morgan fingerprint density at radius 2 is 1.93 bits per heavy atom. The fourth-order valence-electron chi connectivity index (χ4n) is 3.55. The van der Waals surface area contributed by atoms with Gasteiger partial charge in [0.1, 0.15) is 5.82 Å². The molecule has 0 spiro atoms. The molecule has 158 valence electrons. The summed E-state index contributed by atoms with van der Waals surface area (Å²) in [4.78, 5) is 2.09. The number of piperidine rings is 1. The zero-order valence-electron chi connectivity index (χ0n) is 15.7. The van der Waals surface area contributed by atoms with E-state index in [0.717, 1.165) is 19.4 Å². The molecule has 0 radical (unpaired) electrons. The van der Waals surface area contributed by atoms with E-state index in [0.29, 0.717) is 45.1 Å². The third kappa shape index (κ3) is 4.42. The summed E-state index contributed by atoms with van der Waals surface area (Å²) in [5, 5.41) is 15.6. The summed E-state index contributed by atoms with van der Waals surface area (Å²) in [5.41, 5.74) is 1.20. The number of aliphatic hydroxyl groups is 1. The molecule has 2 aromatic carbocycles. The number of halogens is 4. The number of aliphatic hydroxyl groups excluding tert-OH is 1. The lowest BCUT2D eigenvalue weighted by Gasteiger charge is -2.29. The standard InChI is InChI=1S/C20H18Cl3FN4OS/c21-12-3-5-15(16(22)8-12)19-25-27(11-26-7-1-2-14(29)10-26)20(30)28(19)13-4-6-18(24)17(23)9-13/h3-6,8-9,14,29H,1-2,7,10-11H2/t14-/m0/s1. The molecule has 1 atom stereocenters. The van der Waals surface area contributed by atoms with Crippen molar-refractivity contribution in [1.29, 1.82) is 0 Å². The lowest BCUT2D eigenvalue weighted by Crippen LogP contribution is -2.39. The summed E-state index contributed by atoms with van der Waals surface area (Å²) in [5.74, 6) is -0.0328. The molecule has 1 aliphatic rings. The Labute approximate surface area is 193 Å². The average molecular weight is 488 g/mol. The third-order valence-corrected chi connectivity index (χ3v) is 6.22. The quantitative estimate of drug-likeness (QED) is 0.488. The van der Waals surface area contributed by atoms with Crippen LogP contribution < -0.4 is 0 Å². The lowest BCUT2D eigenvalue weighted by molar-refractivity contribution is 0.0513. The van der Waals surface area contributed by atoms with E-state index < -0.39 is 5.82 Å². The van der Waals surface area contributed by atoms with Crippen molar-refractivity contribution in [3.05, 3.63) is 62.1 Å². The molecule has 1 N–H and O–H groups in total. The van der Waals surface area contributed by atoms with Crippen LogP contribution in [-0.4, -0.2) is 43.5 Å². The van der Waals surface area contributed by atoms with E-state index in [1.807, 2.05) is 0 Å². The Balaban J connectivity index is 1.84. The van der Waals surface area contributed by atoms with E-state index in [1.165, 1.54) is 12.1 Å². The predicted octanol–water partition coefficient (Wildman–Crippen LogP) is 5.58. The molecule has 1 aromatic heterocycles. The predicted molar refractivity (Wildman–Crippen MR) is 120 cm³/mol. The van der Waals surface area contributed by atoms with Crippen molar-refractivity contribution in [1.82, 2.24) is 19.2 Å². The van der Waals surface area contributed by atoms with Gasteiger partial charge in [0.05, 0.1) is 28.5 Å². The van der Waals surface area contributed by atoms with Crippen LogP contribution >= 0.6 is 47.0 Å². The second kappa shape index (κ2) is 8.94. The molecular formula is C20H18Cl3FN4OS. The largest absolute Gasteiger partial charge is 0.392 e. The van der Waals surface area contributed by atoms with Crippen molar-refractivity contribution in [2.45, 2.75) is 25.6 Å². The van der Waals surface area contributed by atoms with Gasteiger partial charge in [-0.15, -0.1) is 5.10 Å². The second-order valence-corrected chi connectivity index (χ2v) is 8.79. The first kappa shape index (κ1) is 21.7. The minimum Gasteiger partial charge on any atom is -0.392 e. The summed E-state index contributed by atoms with van der Waals surface area (Å²) in [6.07, 6.45) is 1.32. The van der Waals surface area contributed by atoms with E-state index in [-0.39, 0.29) is 11.1 Å². The first-order valence-corrected chi connectivity index (χ1v) is 10.9.